The van der Waals surface area contributed by atoms with Crippen LogP contribution in [0.5, 0.6) is 0 Å². The number of benzene rings is 4. The molecule has 0 radical (unpaired) electrons. The Labute approximate surface area is 141 Å². The zero-order valence-corrected chi connectivity index (χ0v) is 13.1. The van der Waals surface area contributed by atoms with Crippen molar-refractivity contribution in [3.63, 3.8) is 0 Å². The Bertz CT molecular complexity index is 1020. The van der Waals surface area contributed by atoms with E-state index in [1.165, 1.54) is 10.8 Å². The lowest BCUT2D eigenvalue weighted by Gasteiger charge is -2.07. The van der Waals surface area contributed by atoms with Gasteiger partial charge in [-0.25, -0.2) is 0 Å². The number of fused-ring (bicyclic) bond motifs is 1. The predicted octanol–water partition coefficient (Wildman–Crippen LogP) is 5.74. The van der Waals surface area contributed by atoms with E-state index in [0.717, 1.165) is 11.1 Å². The Hall–Kier alpha value is -3.19. The minimum atomic E-state index is 0.0539. The van der Waals surface area contributed by atoms with Crippen molar-refractivity contribution in [1.82, 2.24) is 0 Å². The first-order valence-electron chi connectivity index (χ1n) is 8.00. The minimum absolute atomic E-state index is 0.0539. The average molecular weight is 308 g/mol. The highest BCUT2D eigenvalue weighted by molar-refractivity contribution is 6.09. The molecule has 0 saturated carbocycles. The summed E-state index contributed by atoms with van der Waals surface area (Å²) in [6, 6.07) is 31.9. The summed E-state index contributed by atoms with van der Waals surface area (Å²) in [7, 11) is 0. The van der Waals surface area contributed by atoms with Crippen molar-refractivity contribution in [2.75, 3.05) is 0 Å². The number of rotatable bonds is 3. The van der Waals surface area contributed by atoms with E-state index in [1.807, 2.05) is 66.7 Å². The molecule has 114 valence electrons. The summed E-state index contributed by atoms with van der Waals surface area (Å²) in [6.07, 6.45) is 0. The molecule has 0 fully saturated rings. The van der Waals surface area contributed by atoms with Crippen LogP contribution in [-0.2, 0) is 0 Å². The third kappa shape index (κ3) is 2.72. The molecule has 0 saturated heterocycles. The summed E-state index contributed by atoms with van der Waals surface area (Å²) in [4.78, 5) is 12.6. The molecule has 1 heteroatoms. The molecule has 24 heavy (non-hydrogen) atoms. The lowest BCUT2D eigenvalue weighted by molar-refractivity contribution is 0.103. The number of hydrogen-bond donors (Lipinski definition) is 0. The molecule has 0 atom stereocenters. The molecule has 0 N–H and O–H groups in total. The third-order valence-corrected chi connectivity index (χ3v) is 4.24. The minimum Gasteiger partial charge on any atom is -0.289 e. The summed E-state index contributed by atoms with van der Waals surface area (Å²) in [5.41, 5.74) is 3.61. The molecule has 4 aromatic rings. The summed E-state index contributed by atoms with van der Waals surface area (Å²) in [6.45, 7) is 0. The van der Waals surface area contributed by atoms with E-state index in [4.69, 9.17) is 0 Å². The van der Waals surface area contributed by atoms with Crippen LogP contribution in [0.2, 0.25) is 0 Å². The topological polar surface area (TPSA) is 17.1 Å². The molecule has 0 heterocycles. The Kier molecular flexibility index (Phi) is 3.68. The van der Waals surface area contributed by atoms with Gasteiger partial charge in [-0.15, -0.1) is 0 Å². The second kappa shape index (κ2) is 6.13. The van der Waals surface area contributed by atoms with Crippen LogP contribution in [0.25, 0.3) is 21.9 Å². The molecule has 1 nitrogen and oxygen atoms in total. The quantitative estimate of drug-likeness (QED) is 0.441. The first-order chi connectivity index (χ1) is 11.8. The zero-order valence-electron chi connectivity index (χ0n) is 13.1. The van der Waals surface area contributed by atoms with Gasteiger partial charge in [-0.2, -0.15) is 0 Å². The third-order valence-electron chi connectivity index (χ3n) is 4.24. The molecule has 0 spiro atoms. The van der Waals surface area contributed by atoms with Gasteiger partial charge in [0, 0.05) is 11.1 Å². The van der Waals surface area contributed by atoms with Crippen molar-refractivity contribution >= 4 is 16.6 Å². The summed E-state index contributed by atoms with van der Waals surface area (Å²) in [5.74, 6) is 0.0539. The molecule has 4 aromatic carbocycles. The van der Waals surface area contributed by atoms with E-state index in [9.17, 15) is 4.79 Å². The van der Waals surface area contributed by atoms with E-state index >= 15 is 0 Å². The largest absolute Gasteiger partial charge is 0.289 e. The summed E-state index contributed by atoms with van der Waals surface area (Å²) >= 11 is 0. The maximum Gasteiger partial charge on any atom is 0.193 e. The summed E-state index contributed by atoms with van der Waals surface area (Å²) < 4.78 is 0. The van der Waals surface area contributed by atoms with Gasteiger partial charge >= 0.3 is 0 Å². The molecule has 0 bridgehead atoms. The molecule has 0 aliphatic rings. The normalized spacial score (nSPS) is 10.7. The van der Waals surface area contributed by atoms with Crippen LogP contribution < -0.4 is 0 Å². The van der Waals surface area contributed by atoms with Crippen molar-refractivity contribution in [2.24, 2.45) is 0 Å². The van der Waals surface area contributed by atoms with Crippen LogP contribution >= 0.6 is 0 Å². The molecule has 0 aliphatic heterocycles. The van der Waals surface area contributed by atoms with Crippen molar-refractivity contribution < 1.29 is 4.79 Å². The van der Waals surface area contributed by atoms with Crippen molar-refractivity contribution in [3.05, 3.63) is 108 Å². The Balaban J connectivity index is 1.75. The van der Waals surface area contributed by atoms with Gasteiger partial charge in [0.2, 0.25) is 0 Å². The van der Waals surface area contributed by atoms with Crippen LogP contribution in [-0.4, -0.2) is 5.78 Å². The Morgan fingerprint density at radius 2 is 1.17 bits per heavy atom. The van der Waals surface area contributed by atoms with Crippen LogP contribution in [0.4, 0.5) is 0 Å². The highest BCUT2D eigenvalue weighted by Crippen LogP contribution is 2.25. The highest BCUT2D eigenvalue weighted by Gasteiger charge is 2.09. The lowest BCUT2D eigenvalue weighted by Crippen LogP contribution is -2.00. The molecule has 0 unspecified atom stereocenters. The number of carbonyl (C=O) groups excluding carboxylic acids is 1. The van der Waals surface area contributed by atoms with Crippen molar-refractivity contribution in [3.8, 4) is 11.1 Å². The number of ketones is 1. The molecule has 4 rings (SSSR count). The molecular formula is C23H16O. The maximum atomic E-state index is 12.6. The van der Waals surface area contributed by atoms with E-state index < -0.39 is 0 Å². The van der Waals surface area contributed by atoms with Crippen LogP contribution in [0.3, 0.4) is 0 Å². The van der Waals surface area contributed by atoms with Crippen molar-refractivity contribution in [2.45, 2.75) is 0 Å². The fraction of sp³-hybridized carbons (Fsp3) is 0. The van der Waals surface area contributed by atoms with Gasteiger partial charge in [0.15, 0.2) is 5.78 Å². The molecule has 0 amide bonds. The Morgan fingerprint density at radius 1 is 0.500 bits per heavy atom. The van der Waals surface area contributed by atoms with Crippen LogP contribution in [0.15, 0.2) is 97.1 Å². The maximum absolute atomic E-state index is 12.6. The zero-order chi connectivity index (χ0) is 16.4. The van der Waals surface area contributed by atoms with Gasteiger partial charge in [-0.1, -0.05) is 84.9 Å². The van der Waals surface area contributed by atoms with E-state index in [-0.39, 0.29) is 5.78 Å². The molecular weight excluding hydrogens is 292 g/mol. The van der Waals surface area contributed by atoms with Gasteiger partial charge in [0.05, 0.1) is 0 Å². The fourth-order valence-electron chi connectivity index (χ4n) is 2.97. The SMILES string of the molecule is O=C(c1ccccc1)c1cccc(-c2ccc3ccccc3c2)c1. The average Bonchev–Trinajstić information content (AvgIpc) is 2.68. The van der Waals surface area contributed by atoms with Gasteiger partial charge in [0.25, 0.3) is 0 Å². The smallest absolute Gasteiger partial charge is 0.193 e. The first-order valence-corrected chi connectivity index (χ1v) is 8.00. The molecule has 0 aliphatic carbocycles. The standard InChI is InChI=1S/C23H16O/c24-23(18-8-2-1-3-9-18)22-12-6-11-20(16-22)21-14-13-17-7-4-5-10-19(17)15-21/h1-16H. The fourth-order valence-corrected chi connectivity index (χ4v) is 2.97. The first kappa shape index (κ1) is 14.4. The van der Waals surface area contributed by atoms with Gasteiger partial charge in [0.1, 0.15) is 0 Å². The highest BCUT2D eigenvalue weighted by atomic mass is 16.1. The summed E-state index contributed by atoms with van der Waals surface area (Å²) in [5, 5.41) is 2.42. The van der Waals surface area contributed by atoms with E-state index in [1.54, 1.807) is 0 Å². The molecule has 0 aromatic heterocycles. The van der Waals surface area contributed by atoms with Crippen LogP contribution in [0.1, 0.15) is 15.9 Å². The lowest BCUT2D eigenvalue weighted by atomic mass is 9.97. The second-order valence-corrected chi connectivity index (χ2v) is 5.84. The second-order valence-electron chi connectivity index (χ2n) is 5.84. The Morgan fingerprint density at radius 3 is 2.00 bits per heavy atom. The number of hydrogen-bond acceptors (Lipinski definition) is 1. The van der Waals surface area contributed by atoms with E-state index in [0.29, 0.717) is 11.1 Å². The van der Waals surface area contributed by atoms with Crippen molar-refractivity contribution in [1.29, 1.82) is 0 Å². The monoisotopic (exact) mass is 308 g/mol. The number of carbonyl (C=O) groups is 1. The van der Waals surface area contributed by atoms with E-state index in [2.05, 4.69) is 30.3 Å². The predicted molar refractivity (Wildman–Crippen MR) is 99.3 cm³/mol. The van der Waals surface area contributed by atoms with Gasteiger partial charge < -0.3 is 0 Å². The van der Waals surface area contributed by atoms with Crippen LogP contribution in [0, 0.1) is 0 Å². The van der Waals surface area contributed by atoms with Gasteiger partial charge in [-0.3, -0.25) is 4.79 Å². The van der Waals surface area contributed by atoms with Gasteiger partial charge in [-0.05, 0) is 34.0 Å².